The minimum absolute atomic E-state index is 0.0582. The number of phenols is 4. The van der Waals surface area contributed by atoms with Crippen molar-refractivity contribution in [3.05, 3.63) is 40.2 Å². The van der Waals surface area contributed by atoms with E-state index in [2.05, 4.69) is 0 Å². The number of carbonyl (C=O) groups excluding carboxylic acids is 1. The van der Waals surface area contributed by atoms with E-state index < -0.39 is 34.9 Å². The van der Waals surface area contributed by atoms with E-state index in [1.165, 1.54) is 18.2 Å². The number of fused-ring (bicyclic) bond motifs is 4. The first-order valence-corrected chi connectivity index (χ1v) is 7.69. The number of benzene rings is 2. The minimum atomic E-state index is -1.43. The van der Waals surface area contributed by atoms with Gasteiger partial charge in [0.25, 0.3) is 0 Å². The highest BCUT2D eigenvalue weighted by atomic mass is 16.7. The van der Waals surface area contributed by atoms with Crippen LogP contribution in [0.2, 0.25) is 0 Å². The van der Waals surface area contributed by atoms with Gasteiger partial charge in [-0.15, -0.1) is 0 Å². The maximum absolute atomic E-state index is 13.1. The van der Waals surface area contributed by atoms with Crippen molar-refractivity contribution < 1.29 is 39.1 Å². The molecule has 1 atom stereocenters. The van der Waals surface area contributed by atoms with Crippen molar-refractivity contribution in [2.24, 2.45) is 0 Å². The summed E-state index contributed by atoms with van der Waals surface area (Å²) in [5, 5.41) is 38.8. The Morgan fingerprint density at radius 1 is 1.11 bits per heavy atom. The zero-order valence-corrected chi connectivity index (χ0v) is 13.7. The van der Waals surface area contributed by atoms with E-state index in [9.17, 15) is 30.0 Å². The Morgan fingerprint density at radius 3 is 2.56 bits per heavy atom. The third kappa shape index (κ3) is 2.40. The van der Waals surface area contributed by atoms with Crippen LogP contribution < -0.4 is 10.2 Å². The molecule has 2 heterocycles. The van der Waals surface area contributed by atoms with Gasteiger partial charge in [-0.3, -0.25) is 9.59 Å². The Labute approximate surface area is 150 Å². The Kier molecular flexibility index (Phi) is 3.42. The van der Waals surface area contributed by atoms with Gasteiger partial charge in [0.05, 0.1) is 5.56 Å². The average Bonchev–Trinajstić information content (AvgIpc) is 2.59. The molecule has 0 radical (unpaired) electrons. The molecule has 1 aromatic heterocycles. The zero-order valence-electron chi connectivity index (χ0n) is 13.7. The first kappa shape index (κ1) is 16.6. The van der Waals surface area contributed by atoms with Gasteiger partial charge in [0.15, 0.2) is 17.3 Å². The molecule has 2 aromatic carbocycles. The second kappa shape index (κ2) is 5.56. The molecule has 9 nitrogen and oxygen atoms in total. The van der Waals surface area contributed by atoms with Crippen LogP contribution in [0.5, 0.6) is 28.7 Å². The summed E-state index contributed by atoms with van der Waals surface area (Å²) >= 11 is 0. The summed E-state index contributed by atoms with van der Waals surface area (Å²) in [7, 11) is 0. The molecule has 0 fully saturated rings. The molecule has 4 N–H and O–H groups in total. The fourth-order valence-electron chi connectivity index (χ4n) is 2.96. The second-order valence-corrected chi connectivity index (χ2v) is 5.88. The number of phenolic OH excluding ortho intramolecular Hbond substituents is 4. The van der Waals surface area contributed by atoms with Crippen molar-refractivity contribution in [3.8, 4) is 39.9 Å². The van der Waals surface area contributed by atoms with Crippen molar-refractivity contribution >= 4 is 16.9 Å². The Hall–Kier alpha value is -3.88. The molecule has 0 aliphatic carbocycles. The lowest BCUT2D eigenvalue weighted by atomic mass is 9.98. The highest BCUT2D eigenvalue weighted by Crippen LogP contribution is 2.46. The van der Waals surface area contributed by atoms with E-state index in [-0.39, 0.29) is 39.4 Å². The van der Waals surface area contributed by atoms with Crippen molar-refractivity contribution in [2.45, 2.75) is 13.2 Å². The molecule has 138 valence electrons. The summed E-state index contributed by atoms with van der Waals surface area (Å²) in [5.41, 5.74) is -0.829. The highest BCUT2D eigenvalue weighted by molar-refractivity contribution is 5.92. The molecule has 1 aliphatic rings. The summed E-state index contributed by atoms with van der Waals surface area (Å²) in [6.07, 6.45) is -1.43. The maximum atomic E-state index is 13.1. The molecular formula is C18H12O9. The summed E-state index contributed by atoms with van der Waals surface area (Å²) < 4.78 is 16.2. The molecule has 3 aromatic rings. The van der Waals surface area contributed by atoms with Crippen LogP contribution in [-0.4, -0.2) is 26.4 Å². The number of rotatable bonds is 1. The van der Waals surface area contributed by atoms with Crippen LogP contribution in [0, 0.1) is 0 Å². The van der Waals surface area contributed by atoms with E-state index in [4.69, 9.17) is 13.9 Å². The normalized spacial score (nSPS) is 14.9. The molecule has 0 spiro atoms. The Morgan fingerprint density at radius 2 is 1.85 bits per heavy atom. The Bertz CT molecular complexity index is 1180. The topological polar surface area (TPSA) is 147 Å². The summed E-state index contributed by atoms with van der Waals surface area (Å²) in [4.78, 5) is 24.5. The third-order valence-corrected chi connectivity index (χ3v) is 4.09. The number of aromatic hydroxyl groups is 4. The summed E-state index contributed by atoms with van der Waals surface area (Å²) in [6, 6.07) is 4.89. The Balaban J connectivity index is 2.12. The van der Waals surface area contributed by atoms with E-state index in [1.807, 2.05) is 0 Å². The van der Waals surface area contributed by atoms with Crippen LogP contribution >= 0.6 is 0 Å². The first-order chi connectivity index (χ1) is 12.8. The SMILES string of the molecule is CC(=O)OC1Oc2cc(O)ccc2-c2c1oc1cc(O)c(O)c(O)c1c2=O. The fraction of sp³-hybridized carbons (Fsp3) is 0.111. The van der Waals surface area contributed by atoms with Crippen LogP contribution in [0.15, 0.2) is 33.5 Å². The van der Waals surface area contributed by atoms with Crippen LogP contribution in [0.3, 0.4) is 0 Å². The summed E-state index contributed by atoms with van der Waals surface area (Å²) in [6.45, 7) is 1.13. The molecule has 0 saturated carbocycles. The summed E-state index contributed by atoms with van der Waals surface area (Å²) in [5.74, 6) is -3.38. The van der Waals surface area contributed by atoms with Crippen LogP contribution in [0.25, 0.3) is 22.1 Å². The highest BCUT2D eigenvalue weighted by Gasteiger charge is 2.35. The molecule has 1 aliphatic heterocycles. The van der Waals surface area contributed by atoms with E-state index in [1.54, 1.807) is 0 Å². The lowest BCUT2D eigenvalue weighted by Crippen LogP contribution is -2.23. The van der Waals surface area contributed by atoms with Gasteiger partial charge in [0, 0.05) is 24.6 Å². The van der Waals surface area contributed by atoms with E-state index in [0.29, 0.717) is 0 Å². The van der Waals surface area contributed by atoms with Crippen molar-refractivity contribution in [1.82, 2.24) is 0 Å². The lowest BCUT2D eigenvalue weighted by Gasteiger charge is -2.26. The predicted molar refractivity (Wildman–Crippen MR) is 89.7 cm³/mol. The zero-order chi connectivity index (χ0) is 19.5. The number of esters is 1. The van der Waals surface area contributed by atoms with Gasteiger partial charge in [-0.1, -0.05) is 0 Å². The smallest absolute Gasteiger partial charge is 0.306 e. The fourth-order valence-corrected chi connectivity index (χ4v) is 2.96. The molecule has 0 bridgehead atoms. The second-order valence-electron chi connectivity index (χ2n) is 5.88. The first-order valence-electron chi connectivity index (χ1n) is 7.69. The molecule has 9 heteroatoms. The number of hydrogen-bond donors (Lipinski definition) is 4. The van der Waals surface area contributed by atoms with E-state index in [0.717, 1.165) is 13.0 Å². The van der Waals surface area contributed by atoms with Gasteiger partial charge in [0.1, 0.15) is 22.5 Å². The van der Waals surface area contributed by atoms with Gasteiger partial charge in [-0.05, 0) is 12.1 Å². The lowest BCUT2D eigenvalue weighted by molar-refractivity contribution is -0.164. The van der Waals surface area contributed by atoms with Gasteiger partial charge < -0.3 is 34.3 Å². The van der Waals surface area contributed by atoms with Gasteiger partial charge in [-0.2, -0.15) is 0 Å². The molecular weight excluding hydrogens is 360 g/mol. The molecule has 27 heavy (non-hydrogen) atoms. The van der Waals surface area contributed by atoms with Crippen LogP contribution in [0.4, 0.5) is 0 Å². The number of carbonyl (C=O) groups is 1. The van der Waals surface area contributed by atoms with Gasteiger partial charge >= 0.3 is 12.3 Å². The van der Waals surface area contributed by atoms with Crippen LogP contribution in [-0.2, 0) is 9.53 Å². The van der Waals surface area contributed by atoms with Crippen molar-refractivity contribution in [1.29, 1.82) is 0 Å². The molecule has 4 rings (SSSR count). The van der Waals surface area contributed by atoms with Crippen LogP contribution in [0.1, 0.15) is 19.0 Å². The molecule has 1 unspecified atom stereocenters. The quantitative estimate of drug-likeness (QED) is 0.373. The average molecular weight is 372 g/mol. The van der Waals surface area contributed by atoms with E-state index >= 15 is 0 Å². The molecule has 0 saturated heterocycles. The third-order valence-electron chi connectivity index (χ3n) is 4.09. The standard InChI is InChI=1S/C18H12O9/c1-6(19)25-18-17-12(8-3-2-7(20)4-10(8)27-18)15(23)13-11(26-17)5-9(21)14(22)16(13)24/h2-5,18,20-22,24H,1H3. The van der Waals surface area contributed by atoms with Crippen molar-refractivity contribution in [3.63, 3.8) is 0 Å². The minimum Gasteiger partial charge on any atom is -0.508 e. The molecule has 0 amide bonds. The van der Waals surface area contributed by atoms with Crippen molar-refractivity contribution in [2.75, 3.05) is 0 Å². The predicted octanol–water partition coefficient (Wildman–Crippen LogP) is 2.24. The van der Waals surface area contributed by atoms with Gasteiger partial charge in [-0.25, -0.2) is 0 Å². The largest absolute Gasteiger partial charge is 0.508 e. The number of ether oxygens (including phenoxy) is 2. The maximum Gasteiger partial charge on any atom is 0.306 e. The monoisotopic (exact) mass is 372 g/mol. The number of hydrogen-bond acceptors (Lipinski definition) is 9. The van der Waals surface area contributed by atoms with Gasteiger partial charge in [0.2, 0.25) is 11.2 Å².